The molecule has 40 heavy (non-hydrogen) atoms. The molecule has 1 aliphatic heterocycles. The first-order valence-corrected chi connectivity index (χ1v) is 15.6. The molecule has 3 aromatic rings. The molecule has 0 amide bonds. The standard InChI is InChI=1S/C25H33ClN5O7PS/c1-5-24(2,3)23(33)40-12-11-36-39(35,30-16-9-7-6-8-10-16)37-13-17-19(32)25(4,34)22(38-17)31-15-29-18-20(26)27-14-28-21(18)31/h6-10,14-15,17,19,22,32,34H,5,11-13H2,1-4H3,(H,30,35)/t17-,19?,22-,25+,39?/m1/s1. The van der Waals surface area contributed by atoms with E-state index in [1.54, 1.807) is 30.3 Å². The zero-order valence-corrected chi connectivity index (χ0v) is 25.0. The number of para-hydroxylation sites is 1. The molecule has 1 fully saturated rings. The summed E-state index contributed by atoms with van der Waals surface area (Å²) in [6.07, 6.45) is -0.308. The average molecular weight is 614 g/mol. The summed E-state index contributed by atoms with van der Waals surface area (Å²) >= 11 is 7.20. The van der Waals surface area contributed by atoms with Crippen LogP contribution in [0.1, 0.15) is 40.3 Å². The summed E-state index contributed by atoms with van der Waals surface area (Å²) in [7, 11) is -4.00. The monoisotopic (exact) mass is 613 g/mol. The quantitative estimate of drug-likeness (QED) is 0.150. The number of imidazole rings is 1. The summed E-state index contributed by atoms with van der Waals surface area (Å²) in [6.45, 7) is 6.67. The summed E-state index contributed by atoms with van der Waals surface area (Å²) in [5, 5.41) is 25.0. The number of fused-ring (bicyclic) bond motifs is 1. The van der Waals surface area contributed by atoms with Gasteiger partial charge in [0.1, 0.15) is 29.7 Å². The van der Waals surface area contributed by atoms with E-state index in [-0.39, 0.29) is 29.2 Å². The Morgan fingerprint density at radius 2 is 2.00 bits per heavy atom. The van der Waals surface area contributed by atoms with E-state index in [0.717, 1.165) is 11.8 Å². The molecule has 0 saturated carbocycles. The van der Waals surface area contributed by atoms with Gasteiger partial charge in [0, 0.05) is 16.9 Å². The molecule has 2 unspecified atom stereocenters. The molecule has 218 valence electrons. The van der Waals surface area contributed by atoms with E-state index in [9.17, 15) is 19.6 Å². The first-order valence-electron chi connectivity index (χ1n) is 12.7. The van der Waals surface area contributed by atoms with Gasteiger partial charge < -0.3 is 14.9 Å². The Hall–Kier alpha value is -2.09. The van der Waals surface area contributed by atoms with Crippen molar-refractivity contribution in [2.75, 3.05) is 24.1 Å². The molecule has 0 radical (unpaired) electrons. The Kier molecular flexibility index (Phi) is 9.58. The number of hydrogen-bond donors (Lipinski definition) is 3. The van der Waals surface area contributed by atoms with Gasteiger partial charge in [0.05, 0.1) is 19.5 Å². The number of nitrogens with one attached hydrogen (secondary N) is 1. The molecule has 0 bridgehead atoms. The molecule has 5 atom stereocenters. The molecule has 1 aliphatic rings. The fourth-order valence-electron chi connectivity index (χ4n) is 3.95. The highest BCUT2D eigenvalue weighted by Crippen LogP contribution is 2.49. The van der Waals surface area contributed by atoms with E-state index in [1.165, 1.54) is 24.1 Å². The number of hydrogen-bond acceptors (Lipinski definition) is 11. The molecule has 12 nitrogen and oxygen atoms in total. The largest absolute Gasteiger partial charge is 0.432 e. The predicted molar refractivity (Wildman–Crippen MR) is 152 cm³/mol. The van der Waals surface area contributed by atoms with Crippen LogP contribution in [0, 0.1) is 5.41 Å². The lowest BCUT2D eigenvalue weighted by Gasteiger charge is -2.27. The van der Waals surface area contributed by atoms with Crippen molar-refractivity contribution in [3.05, 3.63) is 48.1 Å². The van der Waals surface area contributed by atoms with Crippen LogP contribution >= 0.6 is 31.1 Å². The lowest BCUT2D eigenvalue weighted by molar-refractivity contribution is -0.118. The summed E-state index contributed by atoms with van der Waals surface area (Å²) < 4.78 is 32.5. The lowest BCUT2D eigenvalue weighted by atomic mass is 9.92. The van der Waals surface area contributed by atoms with Crippen molar-refractivity contribution in [2.45, 2.75) is 58.2 Å². The van der Waals surface area contributed by atoms with E-state index < -0.39 is 37.2 Å². The van der Waals surface area contributed by atoms with Gasteiger partial charge in [-0.2, -0.15) is 0 Å². The van der Waals surface area contributed by atoms with Crippen LogP contribution in [0.2, 0.25) is 5.15 Å². The van der Waals surface area contributed by atoms with Gasteiger partial charge in [-0.05, 0) is 25.5 Å². The topological polar surface area (TPSA) is 158 Å². The van der Waals surface area contributed by atoms with Gasteiger partial charge in [-0.15, -0.1) is 0 Å². The maximum atomic E-state index is 13.7. The number of aliphatic hydroxyl groups excluding tert-OH is 1. The fourth-order valence-corrected chi connectivity index (χ4v) is 6.48. The van der Waals surface area contributed by atoms with Crippen molar-refractivity contribution in [1.29, 1.82) is 0 Å². The van der Waals surface area contributed by atoms with Crippen LogP contribution in [0.4, 0.5) is 5.69 Å². The van der Waals surface area contributed by atoms with Crippen molar-refractivity contribution in [1.82, 2.24) is 19.5 Å². The Labute approximate surface area is 241 Å². The molecular formula is C25H33ClN5O7PS. The smallest absolute Gasteiger partial charge is 0.387 e. The molecule has 3 heterocycles. The first kappa shape index (κ1) is 30.9. The molecular weight excluding hydrogens is 581 g/mol. The van der Waals surface area contributed by atoms with E-state index in [0.29, 0.717) is 23.3 Å². The highest BCUT2D eigenvalue weighted by atomic mass is 35.5. The molecule has 4 rings (SSSR count). The molecule has 2 aromatic heterocycles. The van der Waals surface area contributed by atoms with Gasteiger partial charge in [-0.1, -0.05) is 62.3 Å². The van der Waals surface area contributed by atoms with Crippen molar-refractivity contribution in [3.63, 3.8) is 0 Å². The Balaban J connectivity index is 1.46. The van der Waals surface area contributed by atoms with Gasteiger partial charge >= 0.3 is 7.75 Å². The van der Waals surface area contributed by atoms with E-state index in [4.69, 9.17) is 25.4 Å². The van der Waals surface area contributed by atoms with E-state index in [1.807, 2.05) is 20.8 Å². The minimum atomic E-state index is -4.00. The van der Waals surface area contributed by atoms with Gasteiger partial charge in [0.15, 0.2) is 22.1 Å². The highest BCUT2D eigenvalue weighted by Gasteiger charge is 2.54. The second kappa shape index (κ2) is 12.4. The SMILES string of the molecule is CCC(C)(C)C(=O)SCCOP(=O)(Nc1ccccc1)OC[C@H]1O[C@@H](n2cnc3c(Cl)ncnc32)[C@@](C)(O)C1O. The molecule has 0 aliphatic carbocycles. The third kappa shape index (κ3) is 6.69. The van der Waals surface area contributed by atoms with Gasteiger partial charge in [0.25, 0.3) is 0 Å². The van der Waals surface area contributed by atoms with Crippen LogP contribution in [-0.2, 0) is 23.1 Å². The maximum Gasteiger partial charge on any atom is 0.432 e. The minimum absolute atomic E-state index is 0.0136. The van der Waals surface area contributed by atoms with Gasteiger partial charge in [0.2, 0.25) is 0 Å². The summed E-state index contributed by atoms with van der Waals surface area (Å²) in [4.78, 5) is 24.7. The van der Waals surface area contributed by atoms with Crippen LogP contribution in [0.25, 0.3) is 11.2 Å². The second-order valence-electron chi connectivity index (χ2n) is 10.2. The predicted octanol–water partition coefficient (Wildman–Crippen LogP) is 4.44. The Morgan fingerprint density at radius 3 is 2.70 bits per heavy atom. The normalized spacial score (nSPS) is 24.7. The second-order valence-corrected chi connectivity index (χ2v) is 13.3. The lowest BCUT2D eigenvalue weighted by Crippen LogP contribution is -2.44. The number of aliphatic hydroxyl groups is 2. The number of thioether (sulfide) groups is 1. The van der Waals surface area contributed by atoms with Crippen LogP contribution in [-0.4, -0.2) is 71.6 Å². The maximum absolute atomic E-state index is 13.7. The van der Waals surface area contributed by atoms with E-state index in [2.05, 4.69) is 20.0 Å². The average Bonchev–Trinajstić information content (AvgIpc) is 3.45. The van der Waals surface area contributed by atoms with Crippen molar-refractivity contribution < 1.29 is 33.4 Å². The number of aromatic nitrogens is 4. The van der Waals surface area contributed by atoms with Crippen LogP contribution in [0.5, 0.6) is 0 Å². The number of rotatable bonds is 12. The molecule has 1 saturated heterocycles. The summed E-state index contributed by atoms with van der Waals surface area (Å²) in [5.41, 5.74) is -1.17. The summed E-state index contributed by atoms with van der Waals surface area (Å²) in [6, 6.07) is 8.70. The molecule has 15 heteroatoms. The summed E-state index contributed by atoms with van der Waals surface area (Å²) in [5.74, 6) is 0.267. The van der Waals surface area contributed by atoms with Crippen LogP contribution < -0.4 is 5.09 Å². The number of carbonyl (C=O) groups is 1. The highest BCUT2D eigenvalue weighted by molar-refractivity contribution is 8.13. The van der Waals surface area contributed by atoms with Crippen molar-refractivity contribution >= 4 is 53.1 Å². The number of benzene rings is 1. The van der Waals surface area contributed by atoms with Crippen LogP contribution in [0.3, 0.4) is 0 Å². The van der Waals surface area contributed by atoms with E-state index >= 15 is 0 Å². The fraction of sp³-hybridized carbons (Fsp3) is 0.520. The number of carbonyl (C=O) groups excluding carboxylic acids is 1. The number of ether oxygens (including phenoxy) is 1. The third-order valence-corrected chi connectivity index (χ3v) is 9.79. The molecule has 0 spiro atoms. The van der Waals surface area contributed by atoms with Crippen molar-refractivity contribution in [2.24, 2.45) is 5.41 Å². The van der Waals surface area contributed by atoms with Gasteiger partial charge in [-0.3, -0.25) is 23.5 Å². The van der Waals surface area contributed by atoms with Gasteiger partial charge in [-0.25, -0.2) is 19.5 Å². The zero-order valence-electron chi connectivity index (χ0n) is 22.6. The number of anilines is 1. The zero-order chi connectivity index (χ0) is 29.1. The van der Waals surface area contributed by atoms with Crippen LogP contribution in [0.15, 0.2) is 43.0 Å². The molecule has 1 aromatic carbocycles. The minimum Gasteiger partial charge on any atom is -0.387 e. The number of nitrogens with zero attached hydrogens (tertiary/aromatic N) is 4. The van der Waals surface area contributed by atoms with Crippen molar-refractivity contribution in [3.8, 4) is 0 Å². The number of halogens is 1. The first-order chi connectivity index (χ1) is 18.9. The molecule has 3 N–H and O–H groups in total. The Bertz CT molecular complexity index is 1380. The Morgan fingerprint density at radius 1 is 1.27 bits per heavy atom. The third-order valence-electron chi connectivity index (χ3n) is 6.78.